The maximum absolute atomic E-state index is 5.65. The number of rotatable bonds is 2. The Kier molecular flexibility index (Phi) is 2.06. The van der Waals surface area contributed by atoms with E-state index in [1.165, 1.54) is 0 Å². The van der Waals surface area contributed by atoms with Gasteiger partial charge in [-0.25, -0.2) is 4.98 Å². The number of nitrogens with zero attached hydrogens (tertiary/aromatic N) is 1. The lowest BCUT2D eigenvalue weighted by molar-refractivity contribution is 0.427. The molecule has 3 heteroatoms. The predicted molar refractivity (Wildman–Crippen MR) is 38.5 cm³/mol. The Labute approximate surface area is 60.2 Å². The van der Waals surface area contributed by atoms with Gasteiger partial charge < -0.3 is 10.2 Å². The normalized spacial score (nSPS) is 13.5. The molecule has 1 aromatic heterocycles. The van der Waals surface area contributed by atoms with E-state index in [9.17, 15) is 0 Å². The molecule has 1 atom stereocenters. The zero-order valence-corrected chi connectivity index (χ0v) is 6.29. The molecule has 3 nitrogen and oxygen atoms in total. The molecule has 0 aliphatic carbocycles. The molecule has 0 unspecified atom stereocenters. The molecular formula is C7H12N2O. The van der Waals surface area contributed by atoms with Crippen molar-refractivity contribution in [3.8, 4) is 0 Å². The van der Waals surface area contributed by atoms with Crippen molar-refractivity contribution in [3.05, 3.63) is 17.8 Å². The second kappa shape index (κ2) is 2.84. The average molecular weight is 140 g/mol. The lowest BCUT2D eigenvalue weighted by Crippen LogP contribution is -2.08. The number of aryl methyl sites for hydroxylation is 1. The number of aromatic nitrogens is 1. The minimum Gasteiger partial charge on any atom is -0.444 e. The van der Waals surface area contributed by atoms with Crippen LogP contribution in [0.15, 0.2) is 10.6 Å². The van der Waals surface area contributed by atoms with E-state index in [0.717, 1.165) is 12.2 Å². The maximum atomic E-state index is 5.65. The molecule has 56 valence electrons. The fraction of sp³-hybridized carbons (Fsp3) is 0.571. The number of hydrogen-bond donors (Lipinski definition) is 1. The van der Waals surface area contributed by atoms with Gasteiger partial charge in [-0.15, -0.1) is 0 Å². The zero-order chi connectivity index (χ0) is 7.56. The second-order valence-corrected chi connectivity index (χ2v) is 2.32. The summed E-state index contributed by atoms with van der Waals surface area (Å²) in [6.45, 7) is 3.86. The van der Waals surface area contributed by atoms with Gasteiger partial charge in [0.05, 0.1) is 12.2 Å². The molecule has 10 heavy (non-hydrogen) atoms. The summed E-state index contributed by atoms with van der Waals surface area (Å²) < 4.78 is 5.20. The lowest BCUT2D eigenvalue weighted by atomic mass is 10.2. The summed E-state index contributed by atoms with van der Waals surface area (Å²) in [6.07, 6.45) is 2.55. The quantitative estimate of drug-likeness (QED) is 0.675. The minimum absolute atomic E-state index is 0.0475. The van der Waals surface area contributed by atoms with Crippen LogP contribution in [0.5, 0.6) is 0 Å². The summed E-state index contributed by atoms with van der Waals surface area (Å²) >= 11 is 0. The third-order valence-corrected chi connectivity index (χ3v) is 1.40. The van der Waals surface area contributed by atoms with Crippen LogP contribution in [0.4, 0.5) is 0 Å². The van der Waals surface area contributed by atoms with E-state index in [0.29, 0.717) is 5.89 Å². The first-order valence-corrected chi connectivity index (χ1v) is 3.42. The fourth-order valence-corrected chi connectivity index (χ4v) is 0.718. The Hall–Kier alpha value is -0.830. The highest BCUT2D eigenvalue weighted by molar-refractivity contribution is 4.94. The van der Waals surface area contributed by atoms with Crippen LogP contribution >= 0.6 is 0 Å². The van der Waals surface area contributed by atoms with E-state index in [1.54, 1.807) is 6.20 Å². The van der Waals surface area contributed by atoms with Crippen molar-refractivity contribution in [1.29, 1.82) is 0 Å². The summed E-state index contributed by atoms with van der Waals surface area (Å²) in [4.78, 5) is 3.99. The van der Waals surface area contributed by atoms with E-state index in [2.05, 4.69) is 4.98 Å². The SMILES string of the molecule is CC[C@@H](N)c1ncc(C)o1. The molecule has 0 aliphatic heterocycles. The summed E-state index contributed by atoms with van der Waals surface area (Å²) in [5.41, 5.74) is 5.65. The molecule has 1 rings (SSSR count). The number of nitrogens with two attached hydrogens (primary N) is 1. The second-order valence-electron chi connectivity index (χ2n) is 2.32. The van der Waals surface area contributed by atoms with Crippen LogP contribution in [0, 0.1) is 6.92 Å². The Morgan fingerprint density at radius 1 is 1.80 bits per heavy atom. The highest BCUT2D eigenvalue weighted by Crippen LogP contribution is 2.12. The first kappa shape index (κ1) is 7.28. The largest absolute Gasteiger partial charge is 0.444 e. The molecule has 0 saturated carbocycles. The first-order chi connectivity index (χ1) is 4.74. The summed E-state index contributed by atoms with van der Waals surface area (Å²) in [5, 5.41) is 0. The molecule has 0 aromatic carbocycles. The van der Waals surface area contributed by atoms with Crippen LogP contribution in [0.2, 0.25) is 0 Å². The van der Waals surface area contributed by atoms with Crippen LogP contribution in [0.1, 0.15) is 31.0 Å². The van der Waals surface area contributed by atoms with Gasteiger partial charge in [0, 0.05) is 0 Å². The highest BCUT2D eigenvalue weighted by Gasteiger charge is 2.07. The van der Waals surface area contributed by atoms with Gasteiger partial charge in [-0.3, -0.25) is 0 Å². The van der Waals surface area contributed by atoms with E-state index in [4.69, 9.17) is 10.2 Å². The van der Waals surface area contributed by atoms with E-state index >= 15 is 0 Å². The van der Waals surface area contributed by atoms with Gasteiger partial charge in [0.2, 0.25) is 5.89 Å². The fourth-order valence-electron chi connectivity index (χ4n) is 0.718. The lowest BCUT2D eigenvalue weighted by Gasteiger charge is -2.00. The van der Waals surface area contributed by atoms with E-state index in [1.807, 2.05) is 13.8 Å². The third-order valence-electron chi connectivity index (χ3n) is 1.40. The van der Waals surface area contributed by atoms with Gasteiger partial charge >= 0.3 is 0 Å². The Balaban J connectivity index is 2.74. The van der Waals surface area contributed by atoms with Crippen molar-refractivity contribution >= 4 is 0 Å². The van der Waals surface area contributed by atoms with Crippen molar-refractivity contribution in [2.24, 2.45) is 5.73 Å². The number of oxazole rings is 1. The van der Waals surface area contributed by atoms with Gasteiger partial charge in [-0.1, -0.05) is 6.92 Å². The maximum Gasteiger partial charge on any atom is 0.211 e. The van der Waals surface area contributed by atoms with Gasteiger partial charge in [0.1, 0.15) is 5.76 Å². The molecule has 0 bridgehead atoms. The van der Waals surface area contributed by atoms with Crippen LogP contribution in [0.25, 0.3) is 0 Å². The van der Waals surface area contributed by atoms with Gasteiger partial charge in [-0.05, 0) is 13.3 Å². The topological polar surface area (TPSA) is 52.0 Å². The van der Waals surface area contributed by atoms with Crippen LogP contribution in [-0.4, -0.2) is 4.98 Å². The van der Waals surface area contributed by atoms with Crippen LogP contribution < -0.4 is 5.73 Å². The molecule has 1 heterocycles. The molecular weight excluding hydrogens is 128 g/mol. The van der Waals surface area contributed by atoms with Gasteiger partial charge in [0.15, 0.2) is 0 Å². The molecule has 0 amide bonds. The molecule has 0 radical (unpaired) electrons. The predicted octanol–water partition coefficient (Wildman–Crippen LogP) is 1.39. The molecule has 0 saturated heterocycles. The average Bonchev–Trinajstić information content (AvgIpc) is 2.34. The Bertz CT molecular complexity index is 207. The molecule has 1 aromatic rings. The summed E-state index contributed by atoms with van der Waals surface area (Å²) in [7, 11) is 0. The van der Waals surface area contributed by atoms with E-state index in [-0.39, 0.29) is 6.04 Å². The Morgan fingerprint density at radius 3 is 2.90 bits per heavy atom. The molecule has 0 spiro atoms. The molecule has 0 aliphatic rings. The molecule has 0 fully saturated rings. The van der Waals surface area contributed by atoms with Gasteiger partial charge in [-0.2, -0.15) is 0 Å². The summed E-state index contributed by atoms with van der Waals surface area (Å²) in [5.74, 6) is 1.46. The Morgan fingerprint density at radius 2 is 2.50 bits per heavy atom. The summed E-state index contributed by atoms with van der Waals surface area (Å²) in [6, 6.07) is -0.0475. The third kappa shape index (κ3) is 1.36. The highest BCUT2D eigenvalue weighted by atomic mass is 16.4. The molecule has 2 N–H and O–H groups in total. The van der Waals surface area contributed by atoms with Crippen molar-refractivity contribution in [3.63, 3.8) is 0 Å². The standard InChI is InChI=1S/C7H12N2O/c1-3-6(8)7-9-4-5(2)10-7/h4,6H,3,8H2,1-2H3/t6-/m1/s1. The first-order valence-electron chi connectivity index (χ1n) is 3.42. The number of hydrogen-bond acceptors (Lipinski definition) is 3. The van der Waals surface area contributed by atoms with Crippen molar-refractivity contribution in [1.82, 2.24) is 4.98 Å². The van der Waals surface area contributed by atoms with Crippen molar-refractivity contribution in [2.45, 2.75) is 26.3 Å². The van der Waals surface area contributed by atoms with Crippen LogP contribution in [0.3, 0.4) is 0 Å². The zero-order valence-electron chi connectivity index (χ0n) is 6.29. The minimum atomic E-state index is -0.0475. The van der Waals surface area contributed by atoms with Crippen molar-refractivity contribution < 1.29 is 4.42 Å². The van der Waals surface area contributed by atoms with Gasteiger partial charge in [0.25, 0.3) is 0 Å². The smallest absolute Gasteiger partial charge is 0.211 e. The van der Waals surface area contributed by atoms with Crippen LogP contribution in [-0.2, 0) is 0 Å². The van der Waals surface area contributed by atoms with E-state index < -0.39 is 0 Å². The van der Waals surface area contributed by atoms with Crippen molar-refractivity contribution in [2.75, 3.05) is 0 Å². The monoisotopic (exact) mass is 140 g/mol.